The van der Waals surface area contributed by atoms with E-state index in [4.69, 9.17) is 4.74 Å². The molecule has 2 aromatic carbocycles. The second-order valence-electron chi connectivity index (χ2n) is 6.36. The van der Waals surface area contributed by atoms with E-state index in [9.17, 15) is 18.4 Å². The summed E-state index contributed by atoms with van der Waals surface area (Å²) >= 11 is 0. The van der Waals surface area contributed by atoms with Crippen molar-refractivity contribution in [3.05, 3.63) is 89.7 Å². The predicted octanol–water partition coefficient (Wildman–Crippen LogP) is 4.45. The molecule has 3 rings (SSSR count). The van der Waals surface area contributed by atoms with Gasteiger partial charge in [0.2, 0.25) is 0 Å². The minimum Gasteiger partial charge on any atom is -0.456 e. The topological polar surface area (TPSA) is 80.3 Å². The van der Waals surface area contributed by atoms with Crippen LogP contribution in [0.4, 0.5) is 8.78 Å². The van der Waals surface area contributed by atoms with E-state index in [1.165, 1.54) is 43.3 Å². The number of nitrogens with one attached hydrogen (secondary N) is 2. The fourth-order valence-electron chi connectivity index (χ4n) is 2.55. The minimum absolute atomic E-state index is 0.145. The molecule has 0 aliphatic heterocycles. The number of amides is 2. The SMILES string of the molecule is CCC(F)(F)c1ccc(C(=O)NNC(=O)c2ccc(Oc3cccnc3)cc2)cc1. The average molecular weight is 411 g/mol. The van der Waals surface area contributed by atoms with Gasteiger partial charge in [-0.2, -0.15) is 0 Å². The highest BCUT2D eigenvalue weighted by Gasteiger charge is 2.28. The molecule has 0 radical (unpaired) electrons. The molecule has 30 heavy (non-hydrogen) atoms. The summed E-state index contributed by atoms with van der Waals surface area (Å²) in [6.45, 7) is 1.38. The third-order valence-corrected chi connectivity index (χ3v) is 4.29. The minimum atomic E-state index is -2.95. The van der Waals surface area contributed by atoms with Gasteiger partial charge in [0.1, 0.15) is 11.5 Å². The zero-order valence-electron chi connectivity index (χ0n) is 16.1. The number of halogens is 2. The van der Waals surface area contributed by atoms with E-state index >= 15 is 0 Å². The van der Waals surface area contributed by atoms with Gasteiger partial charge < -0.3 is 4.74 Å². The summed E-state index contributed by atoms with van der Waals surface area (Å²) < 4.78 is 32.9. The van der Waals surface area contributed by atoms with Gasteiger partial charge in [-0.3, -0.25) is 25.4 Å². The molecule has 0 aliphatic carbocycles. The summed E-state index contributed by atoms with van der Waals surface area (Å²) in [7, 11) is 0. The molecule has 0 unspecified atom stereocenters. The Kier molecular flexibility index (Phi) is 6.36. The second kappa shape index (κ2) is 9.13. The van der Waals surface area contributed by atoms with Gasteiger partial charge in [-0.05, 0) is 48.5 Å². The highest BCUT2D eigenvalue weighted by molar-refractivity contribution is 5.99. The van der Waals surface area contributed by atoms with Crippen LogP contribution in [-0.4, -0.2) is 16.8 Å². The molecule has 6 nitrogen and oxygen atoms in total. The second-order valence-corrected chi connectivity index (χ2v) is 6.36. The number of carbonyl (C=O) groups is 2. The zero-order chi connectivity index (χ0) is 21.6. The molecule has 1 aromatic heterocycles. The van der Waals surface area contributed by atoms with Gasteiger partial charge >= 0.3 is 0 Å². The maximum atomic E-state index is 13.6. The van der Waals surface area contributed by atoms with Crippen LogP contribution in [0.2, 0.25) is 0 Å². The number of carbonyl (C=O) groups excluding carboxylic acids is 2. The van der Waals surface area contributed by atoms with E-state index in [2.05, 4.69) is 15.8 Å². The van der Waals surface area contributed by atoms with E-state index in [0.29, 0.717) is 17.1 Å². The Hall–Kier alpha value is -3.81. The van der Waals surface area contributed by atoms with Crippen molar-refractivity contribution in [1.82, 2.24) is 15.8 Å². The molecular weight excluding hydrogens is 392 g/mol. The number of ether oxygens (including phenoxy) is 1. The molecule has 0 fully saturated rings. The van der Waals surface area contributed by atoms with Crippen LogP contribution in [0.5, 0.6) is 11.5 Å². The van der Waals surface area contributed by atoms with Gasteiger partial charge in [0.05, 0.1) is 6.20 Å². The van der Waals surface area contributed by atoms with Gasteiger partial charge in [0.15, 0.2) is 0 Å². The third-order valence-electron chi connectivity index (χ3n) is 4.29. The van der Waals surface area contributed by atoms with Crippen molar-refractivity contribution in [3.63, 3.8) is 0 Å². The molecule has 2 amide bonds. The van der Waals surface area contributed by atoms with Gasteiger partial charge in [0, 0.05) is 29.3 Å². The quantitative estimate of drug-likeness (QED) is 0.588. The van der Waals surface area contributed by atoms with E-state index in [0.717, 1.165) is 0 Å². The first-order valence-corrected chi connectivity index (χ1v) is 9.16. The lowest BCUT2D eigenvalue weighted by Gasteiger charge is -2.14. The highest BCUT2D eigenvalue weighted by Crippen LogP contribution is 2.31. The fourth-order valence-corrected chi connectivity index (χ4v) is 2.55. The third kappa shape index (κ3) is 5.16. The summed E-state index contributed by atoms with van der Waals surface area (Å²) in [5.74, 6) is -3.02. The van der Waals surface area contributed by atoms with Crippen molar-refractivity contribution < 1.29 is 23.1 Å². The lowest BCUT2D eigenvalue weighted by Crippen LogP contribution is -2.41. The first kappa shape index (κ1) is 20.9. The molecule has 0 bridgehead atoms. The summed E-state index contributed by atoms with van der Waals surface area (Å²) in [6.07, 6.45) is 2.86. The van der Waals surface area contributed by atoms with Gasteiger partial charge in [-0.15, -0.1) is 0 Å². The molecular formula is C22H19F2N3O3. The number of hydrogen-bond donors (Lipinski definition) is 2. The van der Waals surface area contributed by atoms with Crippen LogP contribution < -0.4 is 15.6 Å². The molecule has 8 heteroatoms. The van der Waals surface area contributed by atoms with E-state index < -0.39 is 17.7 Å². The number of pyridine rings is 1. The molecule has 1 heterocycles. The normalized spacial score (nSPS) is 10.9. The Morgan fingerprint density at radius 2 is 1.47 bits per heavy atom. The maximum absolute atomic E-state index is 13.6. The molecule has 2 N–H and O–H groups in total. The Balaban J connectivity index is 1.55. The van der Waals surface area contributed by atoms with Crippen LogP contribution in [0.3, 0.4) is 0 Å². The van der Waals surface area contributed by atoms with Crippen molar-refractivity contribution in [2.75, 3.05) is 0 Å². The lowest BCUT2D eigenvalue weighted by atomic mass is 10.0. The van der Waals surface area contributed by atoms with E-state index in [1.807, 2.05) is 0 Å². The predicted molar refractivity (Wildman–Crippen MR) is 106 cm³/mol. The van der Waals surface area contributed by atoms with Gasteiger partial charge in [0.25, 0.3) is 17.7 Å². The molecule has 0 saturated heterocycles. The molecule has 154 valence electrons. The highest BCUT2D eigenvalue weighted by atomic mass is 19.3. The first-order valence-electron chi connectivity index (χ1n) is 9.16. The largest absolute Gasteiger partial charge is 0.456 e. The average Bonchev–Trinajstić information content (AvgIpc) is 2.78. The van der Waals surface area contributed by atoms with Crippen LogP contribution in [0.25, 0.3) is 0 Å². The van der Waals surface area contributed by atoms with Crippen molar-refractivity contribution in [2.24, 2.45) is 0 Å². The standard InChI is InChI=1S/C22H19F2N3O3/c1-2-22(23,24)17-9-5-15(6-10-17)20(28)26-27-21(29)16-7-11-18(12-8-16)30-19-4-3-13-25-14-19/h3-14H,2H2,1H3,(H,26,28)(H,27,29). The van der Waals surface area contributed by atoms with Crippen LogP contribution in [0, 0.1) is 0 Å². The van der Waals surface area contributed by atoms with Crippen LogP contribution in [-0.2, 0) is 5.92 Å². The zero-order valence-corrected chi connectivity index (χ0v) is 16.1. The van der Waals surface area contributed by atoms with E-state index in [1.54, 1.807) is 36.7 Å². The summed E-state index contributed by atoms with van der Waals surface area (Å²) in [4.78, 5) is 28.3. The van der Waals surface area contributed by atoms with Crippen molar-refractivity contribution in [3.8, 4) is 11.5 Å². The number of hydrogen-bond acceptors (Lipinski definition) is 4. The van der Waals surface area contributed by atoms with Crippen molar-refractivity contribution in [2.45, 2.75) is 19.3 Å². The first-order chi connectivity index (χ1) is 14.4. The summed E-state index contributed by atoms with van der Waals surface area (Å²) in [5.41, 5.74) is 4.82. The number of nitrogens with zero attached hydrogens (tertiary/aromatic N) is 1. The molecule has 0 aliphatic rings. The monoisotopic (exact) mass is 411 g/mol. The summed E-state index contributed by atoms with van der Waals surface area (Å²) in [5, 5.41) is 0. The Morgan fingerprint density at radius 3 is 1.97 bits per heavy atom. The van der Waals surface area contributed by atoms with Crippen LogP contribution in [0.15, 0.2) is 73.1 Å². The molecule has 0 saturated carbocycles. The van der Waals surface area contributed by atoms with Gasteiger partial charge in [-0.25, -0.2) is 8.78 Å². The smallest absolute Gasteiger partial charge is 0.273 e. The Bertz CT molecular complexity index is 1010. The molecule has 3 aromatic rings. The van der Waals surface area contributed by atoms with Crippen LogP contribution >= 0.6 is 0 Å². The van der Waals surface area contributed by atoms with Gasteiger partial charge in [-0.1, -0.05) is 19.1 Å². The fraction of sp³-hybridized carbons (Fsp3) is 0.136. The van der Waals surface area contributed by atoms with E-state index in [-0.39, 0.29) is 17.5 Å². The van der Waals surface area contributed by atoms with Crippen molar-refractivity contribution in [1.29, 1.82) is 0 Å². The summed E-state index contributed by atoms with van der Waals surface area (Å²) in [6, 6.07) is 14.7. The lowest BCUT2D eigenvalue weighted by molar-refractivity contribution is -0.00831. The Labute approximate surface area is 171 Å². The Morgan fingerprint density at radius 1 is 0.900 bits per heavy atom. The van der Waals surface area contributed by atoms with Crippen molar-refractivity contribution >= 4 is 11.8 Å². The number of alkyl halides is 2. The maximum Gasteiger partial charge on any atom is 0.273 e. The number of hydrazine groups is 1. The number of aromatic nitrogens is 1. The molecule has 0 atom stereocenters. The number of rotatable bonds is 6. The van der Waals surface area contributed by atoms with Crippen LogP contribution in [0.1, 0.15) is 39.6 Å². The molecule has 0 spiro atoms. The number of benzene rings is 2.